The molecular formula is C19H31N3O4S. The van der Waals surface area contributed by atoms with E-state index in [0.717, 1.165) is 42.9 Å². The lowest BCUT2D eigenvalue weighted by molar-refractivity contribution is -0.121. The Morgan fingerprint density at radius 3 is 2.41 bits per heavy atom. The van der Waals surface area contributed by atoms with Crippen LogP contribution in [0.25, 0.3) is 0 Å². The van der Waals surface area contributed by atoms with Crippen molar-refractivity contribution in [2.75, 3.05) is 44.4 Å². The van der Waals surface area contributed by atoms with Gasteiger partial charge in [0.15, 0.2) is 0 Å². The number of hydrogen-bond acceptors (Lipinski definition) is 5. The summed E-state index contributed by atoms with van der Waals surface area (Å²) < 4.78 is 30.8. The molecule has 1 fully saturated rings. The van der Waals surface area contributed by atoms with Crippen molar-refractivity contribution in [2.24, 2.45) is 5.92 Å². The van der Waals surface area contributed by atoms with Crippen molar-refractivity contribution < 1.29 is 17.9 Å². The van der Waals surface area contributed by atoms with Crippen molar-refractivity contribution >= 4 is 21.6 Å². The van der Waals surface area contributed by atoms with Crippen LogP contribution in [0, 0.1) is 5.92 Å². The maximum atomic E-state index is 12.6. The van der Waals surface area contributed by atoms with Crippen LogP contribution in [0.5, 0.6) is 5.75 Å². The lowest BCUT2D eigenvalue weighted by Crippen LogP contribution is -2.48. The van der Waals surface area contributed by atoms with Crippen molar-refractivity contribution in [3.63, 3.8) is 0 Å². The van der Waals surface area contributed by atoms with Crippen molar-refractivity contribution in [2.45, 2.75) is 32.2 Å². The zero-order valence-corrected chi connectivity index (χ0v) is 17.5. The Labute approximate surface area is 162 Å². The highest BCUT2D eigenvalue weighted by Crippen LogP contribution is 2.24. The van der Waals surface area contributed by atoms with Gasteiger partial charge in [-0.25, -0.2) is 8.42 Å². The largest absolute Gasteiger partial charge is 0.497 e. The summed E-state index contributed by atoms with van der Waals surface area (Å²) in [6.07, 6.45) is 4.32. The SMILES string of the molecule is COc1ccc(N(C(C)C(=O)NCCC2CCN(C)CC2)S(C)(=O)=O)cc1. The van der Waals surface area contributed by atoms with Crippen LogP contribution in [-0.4, -0.2) is 65.3 Å². The van der Waals surface area contributed by atoms with Gasteiger partial charge in [-0.3, -0.25) is 9.10 Å². The fraction of sp³-hybridized carbons (Fsp3) is 0.632. The third-order valence-corrected chi connectivity index (χ3v) is 6.35. The second-order valence-electron chi connectivity index (χ2n) is 7.26. The number of ether oxygens (including phenoxy) is 1. The molecule has 0 aromatic heterocycles. The minimum absolute atomic E-state index is 0.288. The van der Waals surface area contributed by atoms with E-state index >= 15 is 0 Å². The monoisotopic (exact) mass is 397 g/mol. The number of hydrogen-bond donors (Lipinski definition) is 1. The number of nitrogens with zero attached hydrogens (tertiary/aromatic N) is 2. The van der Waals surface area contributed by atoms with E-state index in [-0.39, 0.29) is 5.91 Å². The Balaban J connectivity index is 1.97. The van der Waals surface area contributed by atoms with E-state index in [1.54, 1.807) is 38.3 Å². The predicted octanol–water partition coefficient (Wildman–Crippen LogP) is 1.70. The molecule has 2 rings (SSSR count). The van der Waals surface area contributed by atoms with Crippen molar-refractivity contribution in [3.8, 4) is 5.75 Å². The Kier molecular flexibility index (Phi) is 7.49. The zero-order chi connectivity index (χ0) is 20.0. The number of rotatable bonds is 8. The van der Waals surface area contributed by atoms with Gasteiger partial charge in [-0.2, -0.15) is 0 Å². The molecule has 1 heterocycles. The van der Waals surface area contributed by atoms with E-state index in [0.29, 0.717) is 23.9 Å². The van der Waals surface area contributed by atoms with Gasteiger partial charge in [-0.05, 0) is 76.5 Å². The first-order valence-corrected chi connectivity index (χ1v) is 11.2. The predicted molar refractivity (Wildman–Crippen MR) is 108 cm³/mol. The third-order valence-electron chi connectivity index (χ3n) is 5.11. The van der Waals surface area contributed by atoms with Crippen LogP contribution >= 0.6 is 0 Å². The van der Waals surface area contributed by atoms with Gasteiger partial charge in [-0.1, -0.05) is 0 Å². The molecule has 1 atom stereocenters. The first-order valence-electron chi connectivity index (χ1n) is 9.32. The molecule has 152 valence electrons. The Morgan fingerprint density at radius 1 is 1.30 bits per heavy atom. The van der Waals surface area contributed by atoms with Gasteiger partial charge in [0.2, 0.25) is 15.9 Å². The summed E-state index contributed by atoms with van der Waals surface area (Å²) in [7, 11) is 0.0617. The third kappa shape index (κ3) is 6.10. The highest BCUT2D eigenvalue weighted by Gasteiger charge is 2.29. The molecule has 1 amide bonds. The van der Waals surface area contributed by atoms with Crippen LogP contribution in [-0.2, 0) is 14.8 Å². The Hall–Kier alpha value is -1.80. The average Bonchev–Trinajstić information content (AvgIpc) is 2.62. The molecular weight excluding hydrogens is 366 g/mol. The molecule has 0 aliphatic carbocycles. The molecule has 0 bridgehead atoms. The molecule has 27 heavy (non-hydrogen) atoms. The van der Waals surface area contributed by atoms with Crippen LogP contribution in [0.1, 0.15) is 26.2 Å². The van der Waals surface area contributed by atoms with Gasteiger partial charge in [-0.15, -0.1) is 0 Å². The van der Waals surface area contributed by atoms with E-state index in [1.165, 1.54) is 0 Å². The van der Waals surface area contributed by atoms with Gasteiger partial charge in [0, 0.05) is 6.54 Å². The number of benzene rings is 1. The molecule has 1 saturated heterocycles. The number of sulfonamides is 1. The van der Waals surface area contributed by atoms with Crippen molar-refractivity contribution in [1.29, 1.82) is 0 Å². The van der Waals surface area contributed by atoms with Crippen molar-refractivity contribution in [3.05, 3.63) is 24.3 Å². The number of carbonyl (C=O) groups is 1. The van der Waals surface area contributed by atoms with E-state index in [2.05, 4.69) is 17.3 Å². The van der Waals surface area contributed by atoms with E-state index in [1.807, 2.05) is 0 Å². The maximum Gasteiger partial charge on any atom is 0.243 e. The smallest absolute Gasteiger partial charge is 0.243 e. The van der Waals surface area contributed by atoms with Gasteiger partial charge in [0.25, 0.3) is 0 Å². The molecule has 1 unspecified atom stereocenters. The van der Waals surface area contributed by atoms with Crippen LogP contribution in [0.4, 0.5) is 5.69 Å². The standard InChI is InChI=1S/C19H31N3O4S/c1-15(19(23)20-12-9-16-10-13-21(2)14-11-16)22(27(4,24)25)17-5-7-18(26-3)8-6-17/h5-8,15-16H,9-14H2,1-4H3,(H,20,23). The highest BCUT2D eigenvalue weighted by molar-refractivity contribution is 7.92. The summed E-state index contributed by atoms with van der Waals surface area (Å²) in [5, 5.41) is 2.90. The Morgan fingerprint density at radius 2 is 1.89 bits per heavy atom. The van der Waals surface area contributed by atoms with E-state index in [9.17, 15) is 13.2 Å². The van der Waals surface area contributed by atoms with Crippen LogP contribution in [0.15, 0.2) is 24.3 Å². The van der Waals surface area contributed by atoms with Crippen LogP contribution in [0.2, 0.25) is 0 Å². The summed E-state index contributed by atoms with van der Waals surface area (Å²) in [5.74, 6) is 0.955. The molecule has 0 saturated carbocycles. The van der Waals surface area contributed by atoms with E-state index in [4.69, 9.17) is 4.74 Å². The molecule has 0 radical (unpaired) electrons. The molecule has 1 aromatic rings. The first kappa shape index (κ1) is 21.5. The second-order valence-corrected chi connectivity index (χ2v) is 9.12. The minimum atomic E-state index is -3.61. The van der Waals surface area contributed by atoms with Gasteiger partial charge >= 0.3 is 0 Å². The second kappa shape index (κ2) is 9.41. The highest BCUT2D eigenvalue weighted by atomic mass is 32.2. The number of methoxy groups -OCH3 is 1. The number of nitrogens with one attached hydrogen (secondary N) is 1. The molecule has 1 aromatic carbocycles. The average molecular weight is 398 g/mol. The quantitative estimate of drug-likeness (QED) is 0.722. The lowest BCUT2D eigenvalue weighted by atomic mass is 9.94. The number of amides is 1. The number of anilines is 1. The zero-order valence-electron chi connectivity index (χ0n) is 16.6. The number of likely N-dealkylation sites (tertiary alicyclic amines) is 1. The molecule has 1 aliphatic rings. The van der Waals surface area contributed by atoms with Gasteiger partial charge in [0.05, 0.1) is 19.1 Å². The number of piperidine rings is 1. The lowest BCUT2D eigenvalue weighted by Gasteiger charge is -2.30. The van der Waals surface area contributed by atoms with Gasteiger partial charge in [0.1, 0.15) is 11.8 Å². The molecule has 1 aliphatic heterocycles. The fourth-order valence-corrected chi connectivity index (χ4v) is 4.61. The van der Waals surface area contributed by atoms with Crippen LogP contribution < -0.4 is 14.4 Å². The minimum Gasteiger partial charge on any atom is -0.497 e. The number of carbonyl (C=O) groups excluding carboxylic acids is 1. The molecule has 1 N–H and O–H groups in total. The molecule has 7 nitrogen and oxygen atoms in total. The molecule has 8 heteroatoms. The summed E-state index contributed by atoms with van der Waals surface area (Å²) in [5.41, 5.74) is 0.441. The van der Waals surface area contributed by atoms with E-state index < -0.39 is 16.1 Å². The summed E-state index contributed by atoms with van der Waals surface area (Å²) in [6, 6.07) is 5.81. The maximum absolute atomic E-state index is 12.6. The first-order chi connectivity index (χ1) is 12.7. The summed E-state index contributed by atoms with van der Waals surface area (Å²) >= 11 is 0. The summed E-state index contributed by atoms with van der Waals surface area (Å²) in [6.45, 7) is 4.36. The van der Waals surface area contributed by atoms with Crippen molar-refractivity contribution in [1.82, 2.24) is 10.2 Å². The Bertz CT molecular complexity index is 713. The van der Waals surface area contributed by atoms with Gasteiger partial charge < -0.3 is 15.0 Å². The summed E-state index contributed by atoms with van der Waals surface area (Å²) in [4.78, 5) is 14.9. The normalized spacial score (nSPS) is 17.3. The molecule has 0 spiro atoms. The van der Waals surface area contributed by atoms with Crippen LogP contribution in [0.3, 0.4) is 0 Å². The fourth-order valence-electron chi connectivity index (χ4n) is 3.44. The topological polar surface area (TPSA) is 79.0 Å².